The van der Waals surface area contributed by atoms with E-state index in [2.05, 4.69) is 44.2 Å². The Morgan fingerprint density at radius 3 is 2.35 bits per heavy atom. The predicted molar refractivity (Wildman–Crippen MR) is 86.6 cm³/mol. The van der Waals surface area contributed by atoms with Crippen LogP contribution in [-0.2, 0) is 0 Å². The third kappa shape index (κ3) is 3.78. The normalized spacial score (nSPS) is 12.2. The van der Waals surface area contributed by atoms with Crippen LogP contribution < -0.4 is 10.5 Å². The zero-order valence-electron chi connectivity index (χ0n) is 12.2. The Labute approximate surface area is 125 Å². The maximum absolute atomic E-state index is 6.27. The molecule has 106 valence electrons. The number of aryl methyl sites for hydroxylation is 2. The third-order valence-corrected chi connectivity index (χ3v) is 4.58. The van der Waals surface area contributed by atoms with Gasteiger partial charge in [-0.2, -0.15) is 0 Å². The highest BCUT2D eigenvalue weighted by atomic mass is 32.2. The number of thioether (sulfide) groups is 1. The average molecular weight is 287 g/mol. The molecule has 0 heterocycles. The van der Waals surface area contributed by atoms with Gasteiger partial charge in [-0.25, -0.2) is 0 Å². The van der Waals surface area contributed by atoms with Crippen molar-refractivity contribution < 1.29 is 4.74 Å². The summed E-state index contributed by atoms with van der Waals surface area (Å²) < 4.78 is 5.15. The van der Waals surface area contributed by atoms with Gasteiger partial charge in [0.25, 0.3) is 0 Å². The first-order chi connectivity index (χ1) is 9.60. The molecular weight excluding hydrogens is 266 g/mol. The number of hydrogen-bond donors (Lipinski definition) is 1. The summed E-state index contributed by atoms with van der Waals surface area (Å²) >= 11 is 1.77. The Morgan fingerprint density at radius 2 is 1.75 bits per heavy atom. The zero-order valence-corrected chi connectivity index (χ0v) is 13.0. The van der Waals surface area contributed by atoms with Gasteiger partial charge in [-0.1, -0.05) is 18.2 Å². The third-order valence-electron chi connectivity index (χ3n) is 3.45. The average Bonchev–Trinajstić information content (AvgIpc) is 2.48. The molecule has 0 saturated heterocycles. The van der Waals surface area contributed by atoms with E-state index in [1.54, 1.807) is 18.9 Å². The first-order valence-corrected chi connectivity index (χ1v) is 7.68. The van der Waals surface area contributed by atoms with Crippen LogP contribution in [0.4, 0.5) is 0 Å². The number of ether oxygens (including phenoxy) is 1. The molecule has 0 aliphatic rings. The van der Waals surface area contributed by atoms with Crippen molar-refractivity contribution in [3.63, 3.8) is 0 Å². The van der Waals surface area contributed by atoms with Crippen LogP contribution in [0.15, 0.2) is 47.4 Å². The minimum Gasteiger partial charge on any atom is -0.497 e. The van der Waals surface area contributed by atoms with Crippen LogP contribution in [0.5, 0.6) is 5.75 Å². The Morgan fingerprint density at radius 1 is 1.05 bits per heavy atom. The van der Waals surface area contributed by atoms with Crippen LogP contribution in [0, 0.1) is 13.8 Å². The monoisotopic (exact) mass is 287 g/mol. The molecule has 1 atom stereocenters. The molecule has 0 aliphatic heterocycles. The number of rotatable bonds is 5. The standard InChI is InChI=1S/C17H21NOS/c1-12-4-5-14(10-13(12)2)17(18)11-20-16-8-6-15(19-3)7-9-16/h4-10,17H,11,18H2,1-3H3. The molecule has 2 aromatic rings. The second-order valence-electron chi connectivity index (χ2n) is 4.94. The highest BCUT2D eigenvalue weighted by Crippen LogP contribution is 2.26. The van der Waals surface area contributed by atoms with Crippen molar-refractivity contribution in [3.8, 4) is 5.75 Å². The van der Waals surface area contributed by atoms with Crippen molar-refractivity contribution in [1.29, 1.82) is 0 Å². The molecule has 0 saturated carbocycles. The lowest BCUT2D eigenvalue weighted by atomic mass is 10.0. The Kier molecular flexibility index (Phi) is 5.10. The minimum atomic E-state index is 0.0569. The van der Waals surface area contributed by atoms with Crippen LogP contribution in [0.2, 0.25) is 0 Å². The van der Waals surface area contributed by atoms with Gasteiger partial charge in [-0.15, -0.1) is 11.8 Å². The van der Waals surface area contributed by atoms with E-state index in [1.807, 2.05) is 12.1 Å². The van der Waals surface area contributed by atoms with Gasteiger partial charge in [-0.3, -0.25) is 0 Å². The quantitative estimate of drug-likeness (QED) is 0.841. The van der Waals surface area contributed by atoms with Gasteiger partial charge in [0.2, 0.25) is 0 Å². The van der Waals surface area contributed by atoms with E-state index < -0.39 is 0 Å². The summed E-state index contributed by atoms with van der Waals surface area (Å²) in [6, 6.07) is 14.6. The highest BCUT2D eigenvalue weighted by Gasteiger charge is 2.08. The van der Waals surface area contributed by atoms with Crippen LogP contribution >= 0.6 is 11.8 Å². The zero-order chi connectivity index (χ0) is 14.5. The Balaban J connectivity index is 1.96. The van der Waals surface area contributed by atoms with Crippen molar-refractivity contribution in [2.75, 3.05) is 12.9 Å². The van der Waals surface area contributed by atoms with E-state index in [9.17, 15) is 0 Å². The van der Waals surface area contributed by atoms with Crippen molar-refractivity contribution in [1.82, 2.24) is 0 Å². The van der Waals surface area contributed by atoms with Crippen LogP contribution in [-0.4, -0.2) is 12.9 Å². The van der Waals surface area contributed by atoms with Gasteiger partial charge in [0.15, 0.2) is 0 Å². The van der Waals surface area contributed by atoms with Crippen molar-refractivity contribution in [2.24, 2.45) is 5.73 Å². The lowest BCUT2D eigenvalue weighted by Gasteiger charge is -2.13. The lowest BCUT2D eigenvalue weighted by Crippen LogP contribution is -2.13. The van der Waals surface area contributed by atoms with Gasteiger partial charge < -0.3 is 10.5 Å². The highest BCUT2D eigenvalue weighted by molar-refractivity contribution is 7.99. The molecule has 0 spiro atoms. The van der Waals surface area contributed by atoms with Crippen LogP contribution in [0.25, 0.3) is 0 Å². The van der Waals surface area contributed by atoms with E-state index in [0.717, 1.165) is 11.5 Å². The van der Waals surface area contributed by atoms with E-state index in [1.165, 1.54) is 21.6 Å². The molecule has 1 unspecified atom stereocenters. The SMILES string of the molecule is COc1ccc(SCC(N)c2ccc(C)c(C)c2)cc1. The number of hydrogen-bond acceptors (Lipinski definition) is 3. The number of nitrogens with two attached hydrogens (primary N) is 1. The van der Waals surface area contributed by atoms with Gasteiger partial charge in [0, 0.05) is 16.7 Å². The van der Waals surface area contributed by atoms with Gasteiger partial charge in [-0.05, 0) is 54.8 Å². The van der Waals surface area contributed by atoms with E-state index >= 15 is 0 Å². The molecule has 0 bridgehead atoms. The van der Waals surface area contributed by atoms with Crippen molar-refractivity contribution in [2.45, 2.75) is 24.8 Å². The molecule has 0 radical (unpaired) electrons. The smallest absolute Gasteiger partial charge is 0.118 e. The molecule has 0 amide bonds. The number of benzene rings is 2. The van der Waals surface area contributed by atoms with Gasteiger partial charge >= 0.3 is 0 Å². The van der Waals surface area contributed by atoms with Crippen LogP contribution in [0.3, 0.4) is 0 Å². The van der Waals surface area contributed by atoms with Crippen molar-refractivity contribution >= 4 is 11.8 Å². The molecule has 2 aromatic carbocycles. The van der Waals surface area contributed by atoms with Gasteiger partial charge in [0.1, 0.15) is 5.75 Å². The Bertz CT molecular complexity index is 566. The minimum absolute atomic E-state index is 0.0569. The van der Waals surface area contributed by atoms with Crippen molar-refractivity contribution in [3.05, 3.63) is 59.2 Å². The molecule has 0 aromatic heterocycles. The predicted octanol–water partition coefficient (Wildman–Crippen LogP) is 4.10. The summed E-state index contributed by atoms with van der Waals surface area (Å²) in [5, 5.41) is 0. The summed E-state index contributed by atoms with van der Waals surface area (Å²) in [5.74, 6) is 1.75. The van der Waals surface area contributed by atoms with E-state index in [4.69, 9.17) is 10.5 Å². The molecule has 2 rings (SSSR count). The molecular formula is C17H21NOS. The molecule has 3 heteroatoms. The molecule has 2 nitrogen and oxygen atoms in total. The molecule has 2 N–H and O–H groups in total. The second-order valence-corrected chi connectivity index (χ2v) is 6.03. The molecule has 0 fully saturated rings. The molecule has 20 heavy (non-hydrogen) atoms. The first-order valence-electron chi connectivity index (χ1n) is 6.69. The first kappa shape index (κ1) is 14.9. The maximum Gasteiger partial charge on any atom is 0.118 e. The van der Waals surface area contributed by atoms with Crippen LogP contribution in [0.1, 0.15) is 22.7 Å². The Hall–Kier alpha value is -1.45. The van der Waals surface area contributed by atoms with E-state index in [-0.39, 0.29) is 6.04 Å². The van der Waals surface area contributed by atoms with E-state index in [0.29, 0.717) is 0 Å². The molecule has 0 aliphatic carbocycles. The fourth-order valence-corrected chi connectivity index (χ4v) is 2.84. The summed E-state index contributed by atoms with van der Waals surface area (Å²) in [7, 11) is 1.68. The number of methoxy groups -OCH3 is 1. The topological polar surface area (TPSA) is 35.2 Å². The summed E-state index contributed by atoms with van der Waals surface area (Å²) in [4.78, 5) is 1.21. The largest absolute Gasteiger partial charge is 0.497 e. The summed E-state index contributed by atoms with van der Waals surface area (Å²) in [5.41, 5.74) is 10.1. The summed E-state index contributed by atoms with van der Waals surface area (Å²) in [6.07, 6.45) is 0. The lowest BCUT2D eigenvalue weighted by molar-refractivity contribution is 0.414. The fraction of sp³-hybridized carbons (Fsp3) is 0.294. The fourth-order valence-electron chi connectivity index (χ4n) is 1.95. The van der Waals surface area contributed by atoms with Gasteiger partial charge in [0.05, 0.1) is 7.11 Å². The summed E-state index contributed by atoms with van der Waals surface area (Å²) in [6.45, 7) is 4.25. The second kappa shape index (κ2) is 6.82. The maximum atomic E-state index is 6.27.